The highest BCUT2D eigenvalue weighted by molar-refractivity contribution is 7.89. The number of halogens is 4. The lowest BCUT2D eigenvalue weighted by atomic mass is 10.1. The van der Waals surface area contributed by atoms with Gasteiger partial charge in [-0.3, -0.25) is 4.98 Å². The van der Waals surface area contributed by atoms with Gasteiger partial charge in [-0.1, -0.05) is 12.1 Å². The van der Waals surface area contributed by atoms with Crippen LogP contribution >= 0.6 is 0 Å². The Kier molecular flexibility index (Phi) is 4.71. The SMILES string of the molecule is Cc1ncccc1S(=O)(=O)NC(c1ccc(F)cc1)C(F)(F)F. The van der Waals surface area contributed by atoms with Gasteiger partial charge in [0.15, 0.2) is 0 Å². The molecule has 2 aromatic rings. The Hall–Kier alpha value is -2.00. The largest absolute Gasteiger partial charge is 0.408 e. The topological polar surface area (TPSA) is 59.1 Å². The summed E-state index contributed by atoms with van der Waals surface area (Å²) in [6.07, 6.45) is -3.56. The lowest BCUT2D eigenvalue weighted by Crippen LogP contribution is -2.38. The highest BCUT2D eigenvalue weighted by atomic mass is 32.2. The number of nitrogens with one attached hydrogen (secondary N) is 1. The summed E-state index contributed by atoms with van der Waals surface area (Å²) in [7, 11) is -4.46. The number of hydrogen-bond acceptors (Lipinski definition) is 3. The molecule has 0 bridgehead atoms. The monoisotopic (exact) mass is 348 g/mol. The number of benzene rings is 1. The van der Waals surface area contributed by atoms with Gasteiger partial charge in [0.1, 0.15) is 16.8 Å². The zero-order valence-corrected chi connectivity index (χ0v) is 12.6. The first-order valence-corrected chi connectivity index (χ1v) is 7.86. The van der Waals surface area contributed by atoms with Crippen LogP contribution in [0.4, 0.5) is 17.6 Å². The van der Waals surface area contributed by atoms with Crippen molar-refractivity contribution in [3.05, 3.63) is 59.7 Å². The summed E-state index contributed by atoms with van der Waals surface area (Å²) >= 11 is 0. The molecule has 1 unspecified atom stereocenters. The van der Waals surface area contributed by atoms with E-state index in [1.807, 2.05) is 0 Å². The number of rotatable bonds is 4. The van der Waals surface area contributed by atoms with E-state index in [4.69, 9.17) is 0 Å². The minimum atomic E-state index is -4.89. The molecule has 0 spiro atoms. The van der Waals surface area contributed by atoms with Crippen molar-refractivity contribution in [1.29, 1.82) is 0 Å². The molecule has 124 valence electrons. The van der Waals surface area contributed by atoms with Crippen LogP contribution in [-0.4, -0.2) is 19.6 Å². The van der Waals surface area contributed by atoms with Crippen molar-refractivity contribution < 1.29 is 26.0 Å². The number of hydrogen-bond donors (Lipinski definition) is 1. The van der Waals surface area contributed by atoms with Crippen LogP contribution in [0.5, 0.6) is 0 Å². The van der Waals surface area contributed by atoms with E-state index in [1.165, 1.54) is 19.2 Å². The lowest BCUT2D eigenvalue weighted by molar-refractivity contribution is -0.153. The molecule has 0 radical (unpaired) electrons. The minimum absolute atomic E-state index is 0.0695. The van der Waals surface area contributed by atoms with Gasteiger partial charge in [-0.15, -0.1) is 0 Å². The zero-order valence-electron chi connectivity index (χ0n) is 11.8. The fraction of sp³-hybridized carbons (Fsp3) is 0.214. The molecule has 2 rings (SSSR count). The first kappa shape index (κ1) is 17.4. The Bertz CT molecular complexity index is 789. The Labute approximate surface area is 130 Å². The van der Waals surface area contributed by atoms with E-state index in [0.29, 0.717) is 0 Å². The molecule has 1 aromatic carbocycles. The van der Waals surface area contributed by atoms with E-state index < -0.39 is 33.6 Å². The molecule has 0 aliphatic rings. The van der Waals surface area contributed by atoms with Crippen molar-refractivity contribution in [2.45, 2.75) is 24.0 Å². The molecule has 23 heavy (non-hydrogen) atoms. The maximum absolute atomic E-state index is 13.2. The van der Waals surface area contributed by atoms with E-state index >= 15 is 0 Å². The zero-order chi connectivity index (χ0) is 17.3. The molecule has 1 N–H and O–H groups in total. The van der Waals surface area contributed by atoms with Gasteiger partial charge < -0.3 is 0 Å². The third-order valence-corrected chi connectivity index (χ3v) is 4.61. The molecule has 9 heteroatoms. The minimum Gasteiger partial charge on any atom is -0.260 e. The number of aryl methyl sites for hydroxylation is 1. The summed E-state index contributed by atoms with van der Waals surface area (Å²) < 4.78 is 78.6. The van der Waals surface area contributed by atoms with E-state index in [2.05, 4.69) is 4.98 Å². The Balaban J connectivity index is 2.43. The molecular formula is C14H12F4N2O2S. The van der Waals surface area contributed by atoms with Gasteiger partial charge in [0.05, 0.1) is 5.69 Å². The fourth-order valence-corrected chi connectivity index (χ4v) is 3.36. The van der Waals surface area contributed by atoms with Gasteiger partial charge in [0.25, 0.3) is 0 Å². The second-order valence-corrected chi connectivity index (χ2v) is 6.42. The molecule has 0 saturated heterocycles. The van der Waals surface area contributed by atoms with Crippen LogP contribution in [0.25, 0.3) is 0 Å². The summed E-state index contributed by atoms with van der Waals surface area (Å²) in [5.74, 6) is -0.722. The summed E-state index contributed by atoms with van der Waals surface area (Å²) in [6, 6.07) is 3.39. The van der Waals surface area contributed by atoms with E-state index in [1.54, 1.807) is 4.72 Å². The Morgan fingerprint density at radius 1 is 1.13 bits per heavy atom. The second kappa shape index (κ2) is 6.25. The summed E-state index contributed by atoms with van der Waals surface area (Å²) in [5, 5.41) is 0. The summed E-state index contributed by atoms with van der Waals surface area (Å²) in [4.78, 5) is 3.40. The van der Waals surface area contributed by atoms with Crippen molar-refractivity contribution in [3.8, 4) is 0 Å². The van der Waals surface area contributed by atoms with Crippen LogP contribution in [0.1, 0.15) is 17.3 Å². The molecule has 0 amide bonds. The van der Waals surface area contributed by atoms with Gasteiger partial charge in [0, 0.05) is 6.20 Å². The number of nitrogens with zero attached hydrogens (tertiary/aromatic N) is 1. The average molecular weight is 348 g/mol. The molecule has 0 aliphatic heterocycles. The van der Waals surface area contributed by atoms with Crippen LogP contribution in [0, 0.1) is 12.7 Å². The quantitative estimate of drug-likeness (QED) is 0.864. The predicted molar refractivity (Wildman–Crippen MR) is 74.5 cm³/mol. The smallest absolute Gasteiger partial charge is 0.260 e. The molecule has 0 fully saturated rings. The van der Waals surface area contributed by atoms with Gasteiger partial charge in [0.2, 0.25) is 10.0 Å². The van der Waals surface area contributed by atoms with Crippen LogP contribution < -0.4 is 4.72 Å². The number of alkyl halides is 3. The highest BCUT2D eigenvalue weighted by Gasteiger charge is 2.43. The Morgan fingerprint density at radius 2 is 1.74 bits per heavy atom. The first-order valence-electron chi connectivity index (χ1n) is 6.37. The molecule has 1 aromatic heterocycles. The average Bonchev–Trinajstić information content (AvgIpc) is 2.45. The maximum Gasteiger partial charge on any atom is 0.408 e. The molecule has 4 nitrogen and oxygen atoms in total. The predicted octanol–water partition coefficient (Wildman–Crippen LogP) is 3.11. The normalized spacial score (nSPS) is 13.8. The molecule has 1 atom stereocenters. The van der Waals surface area contributed by atoms with Gasteiger partial charge in [-0.2, -0.15) is 17.9 Å². The highest BCUT2D eigenvalue weighted by Crippen LogP contribution is 2.34. The van der Waals surface area contributed by atoms with Crippen LogP contribution in [0.2, 0.25) is 0 Å². The second-order valence-electron chi connectivity index (χ2n) is 4.73. The standard InChI is InChI=1S/C14H12F4N2O2S/c1-9-12(3-2-8-19-9)23(21,22)20-13(14(16,17)18)10-4-6-11(15)7-5-10/h2-8,13,20H,1H3. The van der Waals surface area contributed by atoms with Gasteiger partial charge in [-0.05, 0) is 36.8 Å². The van der Waals surface area contributed by atoms with Crippen LogP contribution in [-0.2, 0) is 10.0 Å². The van der Waals surface area contributed by atoms with Gasteiger partial charge >= 0.3 is 6.18 Å². The van der Waals surface area contributed by atoms with Crippen molar-refractivity contribution in [3.63, 3.8) is 0 Å². The number of sulfonamides is 1. The van der Waals surface area contributed by atoms with Crippen molar-refractivity contribution in [1.82, 2.24) is 9.71 Å². The maximum atomic E-state index is 13.2. The number of aromatic nitrogens is 1. The lowest BCUT2D eigenvalue weighted by Gasteiger charge is -2.22. The molecule has 1 heterocycles. The summed E-state index contributed by atoms with van der Waals surface area (Å²) in [6.45, 7) is 1.37. The first-order chi connectivity index (χ1) is 10.6. The third-order valence-electron chi connectivity index (χ3n) is 3.05. The van der Waals surface area contributed by atoms with E-state index in [9.17, 15) is 26.0 Å². The van der Waals surface area contributed by atoms with E-state index in [-0.39, 0.29) is 10.6 Å². The van der Waals surface area contributed by atoms with E-state index in [0.717, 1.165) is 30.3 Å². The van der Waals surface area contributed by atoms with Gasteiger partial charge in [-0.25, -0.2) is 12.8 Å². The van der Waals surface area contributed by atoms with Crippen LogP contribution in [0.15, 0.2) is 47.5 Å². The molecule has 0 aliphatic carbocycles. The van der Waals surface area contributed by atoms with Crippen molar-refractivity contribution in [2.24, 2.45) is 0 Å². The Morgan fingerprint density at radius 3 is 2.26 bits per heavy atom. The fourth-order valence-electron chi connectivity index (χ4n) is 1.95. The number of pyridine rings is 1. The molecule has 0 saturated carbocycles. The summed E-state index contributed by atoms with van der Waals surface area (Å²) in [5.41, 5.74) is -0.343. The van der Waals surface area contributed by atoms with Crippen LogP contribution in [0.3, 0.4) is 0 Å². The third kappa shape index (κ3) is 4.05. The van der Waals surface area contributed by atoms with Crippen molar-refractivity contribution >= 4 is 10.0 Å². The molecular weight excluding hydrogens is 336 g/mol. The van der Waals surface area contributed by atoms with Crippen molar-refractivity contribution in [2.75, 3.05) is 0 Å².